The Hall–Kier alpha value is -1.83. The summed E-state index contributed by atoms with van der Waals surface area (Å²) in [4.78, 5) is 23.0. The molecule has 1 amide bonds. The third-order valence-corrected chi connectivity index (χ3v) is 5.03. The number of amides is 1. The van der Waals surface area contributed by atoms with Gasteiger partial charge in [0, 0.05) is 38.5 Å². The molecular weight excluding hydrogens is 350 g/mol. The lowest BCUT2D eigenvalue weighted by atomic mass is 10.2. The molecule has 1 aliphatic rings. The maximum absolute atomic E-state index is 11.9. The predicted octanol–water partition coefficient (Wildman–Crippen LogP) is 2.42. The molecule has 1 atom stereocenters. The van der Waals surface area contributed by atoms with Crippen molar-refractivity contribution in [1.82, 2.24) is 20.5 Å². The van der Waals surface area contributed by atoms with Gasteiger partial charge in [-0.1, -0.05) is 6.92 Å². The number of ether oxygens (including phenoxy) is 1. The molecule has 1 saturated heterocycles. The summed E-state index contributed by atoms with van der Waals surface area (Å²) < 4.78 is 5.33. The Balaban J connectivity index is 1.75. The van der Waals surface area contributed by atoms with Gasteiger partial charge in [-0.2, -0.15) is 0 Å². The van der Waals surface area contributed by atoms with Crippen LogP contribution in [-0.2, 0) is 17.6 Å². The van der Waals surface area contributed by atoms with Gasteiger partial charge in [-0.25, -0.2) is 9.78 Å². The number of nitrogens with one attached hydrogen (secondary N) is 2. The number of guanidine groups is 1. The van der Waals surface area contributed by atoms with E-state index >= 15 is 0 Å². The Morgan fingerprint density at radius 2 is 2.27 bits per heavy atom. The van der Waals surface area contributed by atoms with Crippen LogP contribution in [0.5, 0.6) is 0 Å². The van der Waals surface area contributed by atoms with E-state index in [2.05, 4.69) is 37.8 Å². The molecule has 26 heavy (non-hydrogen) atoms. The molecule has 0 spiro atoms. The Labute approximate surface area is 160 Å². The average Bonchev–Trinajstić information content (AvgIpc) is 3.19. The van der Waals surface area contributed by atoms with E-state index < -0.39 is 5.60 Å². The van der Waals surface area contributed by atoms with Gasteiger partial charge in [-0.3, -0.25) is 4.99 Å². The van der Waals surface area contributed by atoms with Crippen LogP contribution in [0.4, 0.5) is 4.79 Å². The molecular formula is C18H31N5O2S. The highest BCUT2D eigenvalue weighted by Gasteiger charge is 2.27. The first-order valence-electron chi connectivity index (χ1n) is 9.19. The molecule has 0 aromatic carbocycles. The number of thiazole rings is 1. The molecule has 0 aliphatic carbocycles. The smallest absolute Gasteiger partial charge is 0.407 e. The van der Waals surface area contributed by atoms with Crippen molar-refractivity contribution >= 4 is 23.4 Å². The van der Waals surface area contributed by atoms with E-state index in [9.17, 15) is 4.79 Å². The first-order valence-corrected chi connectivity index (χ1v) is 10.1. The van der Waals surface area contributed by atoms with Crippen molar-refractivity contribution in [2.24, 2.45) is 4.99 Å². The molecule has 0 radical (unpaired) electrons. The van der Waals surface area contributed by atoms with Crippen LogP contribution in [0, 0.1) is 0 Å². The van der Waals surface area contributed by atoms with E-state index in [-0.39, 0.29) is 12.1 Å². The monoisotopic (exact) mass is 381 g/mol. The number of nitrogens with zero attached hydrogens (tertiary/aromatic N) is 3. The van der Waals surface area contributed by atoms with E-state index in [0.29, 0.717) is 0 Å². The zero-order valence-corrected chi connectivity index (χ0v) is 17.3. The third kappa shape index (κ3) is 6.48. The van der Waals surface area contributed by atoms with Gasteiger partial charge in [0.25, 0.3) is 0 Å². The van der Waals surface area contributed by atoms with Crippen LogP contribution in [-0.4, -0.2) is 60.3 Å². The van der Waals surface area contributed by atoms with Gasteiger partial charge in [0.1, 0.15) is 5.60 Å². The fourth-order valence-corrected chi connectivity index (χ4v) is 3.58. The molecule has 2 heterocycles. The van der Waals surface area contributed by atoms with Crippen LogP contribution in [0.1, 0.15) is 44.8 Å². The van der Waals surface area contributed by atoms with E-state index in [1.165, 1.54) is 5.01 Å². The lowest BCUT2D eigenvalue weighted by Gasteiger charge is -2.23. The van der Waals surface area contributed by atoms with Gasteiger partial charge in [-0.05, 0) is 33.6 Å². The summed E-state index contributed by atoms with van der Waals surface area (Å²) in [6.45, 7) is 10.1. The standard InChI is InChI=1S/C18H31N5O2S/c1-6-15-21-14(12-26-15)7-9-20-16(19-5)23-10-8-13(11-23)22-17(24)25-18(2,3)4/h12-13H,6-11H2,1-5H3,(H,19,20)(H,22,24). The number of carbonyl (C=O) groups is 1. The lowest BCUT2D eigenvalue weighted by molar-refractivity contribution is 0.0507. The number of aliphatic imine (C=N–C) groups is 1. The van der Waals surface area contributed by atoms with Crippen LogP contribution < -0.4 is 10.6 Å². The zero-order chi connectivity index (χ0) is 19.2. The average molecular weight is 382 g/mol. The molecule has 0 bridgehead atoms. The topological polar surface area (TPSA) is 78.9 Å². The van der Waals surface area contributed by atoms with Crippen LogP contribution in [0.25, 0.3) is 0 Å². The lowest BCUT2D eigenvalue weighted by Crippen LogP contribution is -2.44. The van der Waals surface area contributed by atoms with Crippen LogP contribution >= 0.6 is 11.3 Å². The van der Waals surface area contributed by atoms with E-state index in [1.807, 2.05) is 20.8 Å². The number of hydrogen-bond donors (Lipinski definition) is 2. The van der Waals surface area contributed by atoms with Crippen molar-refractivity contribution in [3.8, 4) is 0 Å². The highest BCUT2D eigenvalue weighted by Crippen LogP contribution is 2.13. The van der Waals surface area contributed by atoms with Crippen molar-refractivity contribution in [2.45, 2.75) is 58.6 Å². The Morgan fingerprint density at radius 1 is 1.50 bits per heavy atom. The molecule has 1 aromatic heterocycles. The molecule has 7 nitrogen and oxygen atoms in total. The minimum absolute atomic E-state index is 0.0778. The quantitative estimate of drug-likeness (QED) is 0.605. The van der Waals surface area contributed by atoms with Gasteiger partial charge in [0.2, 0.25) is 0 Å². The Kier molecular flexibility index (Phi) is 7.25. The molecule has 2 rings (SSSR count). The fraction of sp³-hybridized carbons (Fsp3) is 0.722. The van der Waals surface area contributed by atoms with Crippen LogP contribution in [0.3, 0.4) is 0 Å². The molecule has 1 fully saturated rings. The molecule has 8 heteroatoms. The highest BCUT2D eigenvalue weighted by molar-refractivity contribution is 7.09. The minimum Gasteiger partial charge on any atom is -0.444 e. The minimum atomic E-state index is -0.479. The summed E-state index contributed by atoms with van der Waals surface area (Å²) in [5.74, 6) is 0.865. The van der Waals surface area contributed by atoms with Gasteiger partial charge >= 0.3 is 6.09 Å². The Bertz CT molecular complexity index is 623. The second-order valence-electron chi connectivity index (χ2n) is 7.39. The van der Waals surface area contributed by atoms with Gasteiger partial charge < -0.3 is 20.3 Å². The maximum Gasteiger partial charge on any atom is 0.407 e. The molecule has 2 N–H and O–H groups in total. The molecule has 146 valence electrons. The van der Waals surface area contributed by atoms with Gasteiger partial charge in [-0.15, -0.1) is 11.3 Å². The molecule has 0 saturated carbocycles. The summed E-state index contributed by atoms with van der Waals surface area (Å²) in [5, 5.41) is 9.64. The largest absolute Gasteiger partial charge is 0.444 e. The van der Waals surface area contributed by atoms with Crippen molar-refractivity contribution < 1.29 is 9.53 Å². The summed E-state index contributed by atoms with van der Waals surface area (Å²) in [5.41, 5.74) is 0.647. The van der Waals surface area contributed by atoms with E-state index in [1.54, 1.807) is 18.4 Å². The predicted molar refractivity (Wildman–Crippen MR) is 106 cm³/mol. The third-order valence-electron chi connectivity index (χ3n) is 3.99. The molecule has 1 aromatic rings. The summed E-state index contributed by atoms with van der Waals surface area (Å²) in [7, 11) is 1.79. The molecule has 1 unspecified atom stereocenters. The van der Waals surface area contributed by atoms with E-state index in [4.69, 9.17) is 4.74 Å². The Morgan fingerprint density at radius 3 is 2.88 bits per heavy atom. The number of carbonyl (C=O) groups excluding carboxylic acids is 1. The van der Waals surface area contributed by atoms with Crippen molar-refractivity contribution in [3.63, 3.8) is 0 Å². The number of aromatic nitrogens is 1. The number of aryl methyl sites for hydroxylation is 1. The summed E-state index contributed by atoms with van der Waals surface area (Å²) in [6.07, 6.45) is 2.39. The maximum atomic E-state index is 11.9. The van der Waals surface area contributed by atoms with Crippen molar-refractivity contribution in [1.29, 1.82) is 0 Å². The summed E-state index contributed by atoms with van der Waals surface area (Å²) in [6, 6.07) is 0.0778. The SMILES string of the molecule is CCc1nc(CCNC(=NC)N2CCC(NC(=O)OC(C)(C)C)C2)cs1. The second kappa shape index (κ2) is 9.21. The van der Waals surface area contributed by atoms with Crippen LogP contribution in [0.15, 0.2) is 10.4 Å². The van der Waals surface area contributed by atoms with Gasteiger partial charge in [0.15, 0.2) is 5.96 Å². The van der Waals surface area contributed by atoms with E-state index in [0.717, 1.165) is 50.6 Å². The van der Waals surface area contributed by atoms with Crippen molar-refractivity contribution in [3.05, 3.63) is 16.1 Å². The second-order valence-corrected chi connectivity index (χ2v) is 8.33. The number of likely N-dealkylation sites (tertiary alicyclic amines) is 1. The first kappa shape index (κ1) is 20.5. The molecule has 1 aliphatic heterocycles. The number of alkyl carbamates (subject to hydrolysis) is 1. The summed E-state index contributed by atoms with van der Waals surface area (Å²) >= 11 is 1.72. The number of rotatable bonds is 5. The van der Waals surface area contributed by atoms with Gasteiger partial charge in [0.05, 0.1) is 16.7 Å². The fourth-order valence-electron chi connectivity index (χ4n) is 2.81. The first-order chi connectivity index (χ1) is 12.3. The normalized spacial score (nSPS) is 18.1. The highest BCUT2D eigenvalue weighted by atomic mass is 32.1. The van der Waals surface area contributed by atoms with Crippen LogP contribution in [0.2, 0.25) is 0 Å². The van der Waals surface area contributed by atoms with Crippen molar-refractivity contribution in [2.75, 3.05) is 26.7 Å². The zero-order valence-electron chi connectivity index (χ0n) is 16.5. The number of hydrogen-bond acceptors (Lipinski definition) is 5.